The van der Waals surface area contributed by atoms with E-state index in [0.717, 1.165) is 22.3 Å². The normalized spacial score (nSPS) is 10.3. The fraction of sp³-hybridized carbons (Fsp3) is 0.188. The highest BCUT2D eigenvalue weighted by Crippen LogP contribution is 2.27. The Morgan fingerprint density at radius 1 is 1.11 bits per heavy atom. The summed E-state index contributed by atoms with van der Waals surface area (Å²) in [5.41, 5.74) is 4.23. The third-order valence-electron chi connectivity index (χ3n) is 3.13. The minimum absolute atomic E-state index is 0.0833. The Bertz CT molecular complexity index is 633. The van der Waals surface area contributed by atoms with Crippen molar-refractivity contribution >= 4 is 5.71 Å². The van der Waals surface area contributed by atoms with E-state index in [1.54, 1.807) is 18.2 Å². The van der Waals surface area contributed by atoms with Gasteiger partial charge in [-0.3, -0.25) is 5.41 Å². The van der Waals surface area contributed by atoms with Crippen molar-refractivity contribution in [3.8, 4) is 11.5 Å². The Hall–Kier alpha value is -2.29. The van der Waals surface area contributed by atoms with Crippen LogP contribution in [0.1, 0.15) is 22.3 Å². The molecule has 0 aliphatic carbocycles. The predicted octanol–water partition coefficient (Wildman–Crippen LogP) is 3.43. The third kappa shape index (κ3) is 2.60. The Labute approximate surface area is 113 Å². The van der Waals surface area contributed by atoms with Crippen molar-refractivity contribution in [3.63, 3.8) is 0 Å². The maximum absolute atomic E-state index is 9.59. The molecule has 0 fully saturated rings. The number of ether oxygens (including phenoxy) is 1. The van der Waals surface area contributed by atoms with Crippen LogP contribution >= 0.6 is 0 Å². The van der Waals surface area contributed by atoms with Crippen molar-refractivity contribution in [2.45, 2.75) is 13.8 Å². The van der Waals surface area contributed by atoms with Gasteiger partial charge in [0, 0.05) is 11.1 Å². The maximum Gasteiger partial charge on any atom is 0.161 e. The first-order valence-corrected chi connectivity index (χ1v) is 6.06. The number of nitrogens with one attached hydrogen (secondary N) is 1. The van der Waals surface area contributed by atoms with Gasteiger partial charge in [0.15, 0.2) is 11.5 Å². The number of benzene rings is 2. The molecular weight excluding hydrogens is 238 g/mol. The monoisotopic (exact) mass is 255 g/mol. The molecule has 0 spiro atoms. The first-order valence-electron chi connectivity index (χ1n) is 6.06. The third-order valence-corrected chi connectivity index (χ3v) is 3.13. The zero-order valence-corrected chi connectivity index (χ0v) is 11.3. The Balaban J connectivity index is 2.47. The summed E-state index contributed by atoms with van der Waals surface area (Å²) in [6, 6.07) is 11.0. The predicted molar refractivity (Wildman–Crippen MR) is 76.5 cm³/mol. The zero-order chi connectivity index (χ0) is 14.0. The molecule has 3 heteroatoms. The lowest BCUT2D eigenvalue weighted by Gasteiger charge is -2.11. The van der Waals surface area contributed by atoms with Gasteiger partial charge < -0.3 is 9.84 Å². The van der Waals surface area contributed by atoms with Crippen LogP contribution in [0.2, 0.25) is 0 Å². The first-order chi connectivity index (χ1) is 9.02. The number of phenols is 1. The van der Waals surface area contributed by atoms with Crippen LogP contribution in [0, 0.1) is 19.3 Å². The largest absolute Gasteiger partial charge is 0.504 e. The van der Waals surface area contributed by atoms with Gasteiger partial charge in [-0.25, -0.2) is 0 Å². The van der Waals surface area contributed by atoms with E-state index in [-0.39, 0.29) is 5.75 Å². The molecule has 0 aliphatic heterocycles. The summed E-state index contributed by atoms with van der Waals surface area (Å²) in [6.45, 7) is 3.99. The second-order valence-electron chi connectivity index (χ2n) is 4.58. The van der Waals surface area contributed by atoms with Crippen LogP contribution in [-0.2, 0) is 0 Å². The minimum atomic E-state index is 0.0833. The van der Waals surface area contributed by atoms with Crippen molar-refractivity contribution in [3.05, 3.63) is 58.7 Å². The molecule has 0 unspecified atom stereocenters. The molecule has 0 saturated carbocycles. The highest BCUT2D eigenvalue weighted by molar-refractivity contribution is 6.12. The second kappa shape index (κ2) is 5.14. The van der Waals surface area contributed by atoms with Crippen molar-refractivity contribution < 1.29 is 9.84 Å². The van der Waals surface area contributed by atoms with Crippen LogP contribution in [-0.4, -0.2) is 17.9 Å². The lowest BCUT2D eigenvalue weighted by Crippen LogP contribution is -2.04. The van der Waals surface area contributed by atoms with Gasteiger partial charge in [0.25, 0.3) is 0 Å². The van der Waals surface area contributed by atoms with Crippen LogP contribution in [0.3, 0.4) is 0 Å². The van der Waals surface area contributed by atoms with Crippen LogP contribution < -0.4 is 4.74 Å². The second-order valence-corrected chi connectivity index (χ2v) is 4.58. The number of phenolic OH excluding ortho intramolecular Hbond substituents is 1. The zero-order valence-electron chi connectivity index (χ0n) is 11.3. The molecule has 0 bridgehead atoms. The number of hydrogen-bond donors (Lipinski definition) is 2. The lowest BCUT2D eigenvalue weighted by molar-refractivity contribution is 0.373. The highest BCUT2D eigenvalue weighted by atomic mass is 16.5. The van der Waals surface area contributed by atoms with Gasteiger partial charge in [-0.15, -0.1) is 0 Å². The van der Waals surface area contributed by atoms with Crippen molar-refractivity contribution in [1.29, 1.82) is 5.41 Å². The molecule has 98 valence electrons. The van der Waals surface area contributed by atoms with E-state index in [1.807, 2.05) is 32.0 Å². The average Bonchev–Trinajstić information content (AvgIpc) is 2.41. The smallest absolute Gasteiger partial charge is 0.161 e. The van der Waals surface area contributed by atoms with Crippen LogP contribution in [0.15, 0.2) is 36.4 Å². The van der Waals surface area contributed by atoms with Gasteiger partial charge >= 0.3 is 0 Å². The Kier molecular flexibility index (Phi) is 3.56. The SMILES string of the molecule is COc1cc(C(=N)c2cc(C)ccc2C)ccc1O. The van der Waals surface area contributed by atoms with E-state index in [4.69, 9.17) is 10.1 Å². The molecule has 0 amide bonds. The highest BCUT2D eigenvalue weighted by Gasteiger charge is 2.11. The molecule has 0 heterocycles. The van der Waals surface area contributed by atoms with E-state index in [0.29, 0.717) is 11.5 Å². The molecule has 0 aromatic heterocycles. The fourth-order valence-corrected chi connectivity index (χ4v) is 1.99. The molecule has 2 aromatic carbocycles. The molecule has 0 radical (unpaired) electrons. The fourth-order valence-electron chi connectivity index (χ4n) is 1.99. The number of methoxy groups -OCH3 is 1. The number of aromatic hydroxyl groups is 1. The molecule has 0 saturated heterocycles. The Morgan fingerprint density at radius 3 is 2.53 bits per heavy atom. The lowest BCUT2D eigenvalue weighted by atomic mass is 9.96. The molecule has 2 rings (SSSR count). The van der Waals surface area contributed by atoms with Gasteiger partial charge in [-0.2, -0.15) is 0 Å². The van der Waals surface area contributed by atoms with Crippen LogP contribution in [0.25, 0.3) is 0 Å². The van der Waals surface area contributed by atoms with Crippen LogP contribution in [0.5, 0.6) is 11.5 Å². The van der Waals surface area contributed by atoms with Gasteiger partial charge in [-0.05, 0) is 43.7 Å². The molecule has 0 aliphatic rings. The van der Waals surface area contributed by atoms with E-state index < -0.39 is 0 Å². The summed E-state index contributed by atoms with van der Waals surface area (Å²) in [6.07, 6.45) is 0. The number of rotatable bonds is 3. The number of hydrogen-bond acceptors (Lipinski definition) is 3. The molecule has 3 nitrogen and oxygen atoms in total. The van der Waals surface area contributed by atoms with Gasteiger partial charge in [-0.1, -0.05) is 17.7 Å². The summed E-state index contributed by atoms with van der Waals surface area (Å²) >= 11 is 0. The van der Waals surface area contributed by atoms with Gasteiger partial charge in [0.1, 0.15) is 0 Å². The summed E-state index contributed by atoms with van der Waals surface area (Å²) in [5.74, 6) is 0.465. The van der Waals surface area contributed by atoms with E-state index in [1.165, 1.54) is 7.11 Å². The Morgan fingerprint density at radius 2 is 1.84 bits per heavy atom. The molecular formula is C16H17NO2. The quantitative estimate of drug-likeness (QED) is 0.825. The van der Waals surface area contributed by atoms with E-state index in [2.05, 4.69) is 0 Å². The van der Waals surface area contributed by atoms with E-state index in [9.17, 15) is 5.11 Å². The summed E-state index contributed by atoms with van der Waals surface area (Å²) in [7, 11) is 1.50. The summed E-state index contributed by atoms with van der Waals surface area (Å²) in [4.78, 5) is 0. The van der Waals surface area contributed by atoms with Crippen molar-refractivity contribution in [2.24, 2.45) is 0 Å². The summed E-state index contributed by atoms with van der Waals surface area (Å²) < 4.78 is 5.08. The van der Waals surface area contributed by atoms with Gasteiger partial charge in [0.2, 0.25) is 0 Å². The standard InChI is InChI=1S/C16H17NO2/c1-10-4-5-11(2)13(8-10)16(17)12-6-7-14(18)15(9-12)19-3/h4-9,17-18H,1-3H3. The summed E-state index contributed by atoms with van der Waals surface area (Å²) in [5, 5.41) is 17.9. The minimum Gasteiger partial charge on any atom is -0.504 e. The van der Waals surface area contributed by atoms with Crippen LogP contribution in [0.4, 0.5) is 0 Å². The topological polar surface area (TPSA) is 53.3 Å². The van der Waals surface area contributed by atoms with E-state index >= 15 is 0 Å². The average molecular weight is 255 g/mol. The molecule has 2 aromatic rings. The van der Waals surface area contributed by atoms with Crippen molar-refractivity contribution in [1.82, 2.24) is 0 Å². The molecule has 0 atom stereocenters. The number of aryl methyl sites for hydroxylation is 2. The van der Waals surface area contributed by atoms with Gasteiger partial charge in [0.05, 0.1) is 12.8 Å². The first kappa shape index (κ1) is 13.1. The van der Waals surface area contributed by atoms with Crippen molar-refractivity contribution in [2.75, 3.05) is 7.11 Å². The maximum atomic E-state index is 9.59. The molecule has 2 N–H and O–H groups in total. The molecule has 19 heavy (non-hydrogen) atoms.